The van der Waals surface area contributed by atoms with Crippen molar-refractivity contribution in [2.45, 2.75) is 42.7 Å². The van der Waals surface area contributed by atoms with Crippen molar-refractivity contribution in [1.82, 2.24) is 15.1 Å². The van der Waals surface area contributed by atoms with Gasteiger partial charge in [0.05, 0.1) is 5.56 Å². The van der Waals surface area contributed by atoms with Crippen molar-refractivity contribution < 1.29 is 14.0 Å². The lowest BCUT2D eigenvalue weighted by Crippen LogP contribution is -2.41. The van der Waals surface area contributed by atoms with Gasteiger partial charge in [-0.1, -0.05) is 49.1 Å². The predicted octanol–water partition coefficient (Wildman–Crippen LogP) is 4.06. The zero-order chi connectivity index (χ0) is 20.1. The number of likely N-dealkylation sites (tertiary alicyclic amines) is 1. The third kappa shape index (κ3) is 5.08. The predicted molar refractivity (Wildman–Crippen MR) is 109 cm³/mol. The van der Waals surface area contributed by atoms with E-state index in [0.29, 0.717) is 36.3 Å². The number of aromatic nitrogens is 2. The number of carbonyl (C=O) groups excluding carboxylic acids is 2. The molecule has 1 aromatic heterocycles. The molecule has 1 fully saturated rings. The van der Waals surface area contributed by atoms with Gasteiger partial charge in [-0.2, -0.15) is 0 Å². The van der Waals surface area contributed by atoms with E-state index in [1.54, 1.807) is 28.8 Å². The summed E-state index contributed by atoms with van der Waals surface area (Å²) in [4.78, 5) is 26.6. The Hall–Kier alpha value is -2.00. The molecule has 0 aliphatic carbocycles. The monoisotopic (exact) mass is 422 g/mol. The van der Waals surface area contributed by atoms with Gasteiger partial charge in [0.1, 0.15) is 5.82 Å². The quantitative estimate of drug-likeness (QED) is 0.561. The van der Waals surface area contributed by atoms with Gasteiger partial charge >= 0.3 is 0 Å². The average Bonchev–Trinajstić information content (AvgIpc) is 3.14. The third-order valence-corrected chi connectivity index (χ3v) is 6.96. The topological polar surface area (TPSA) is 75.2 Å². The molecule has 0 bridgehead atoms. The number of nitrogens with zero attached hydrogens (tertiary/aromatic N) is 3. The Balaban J connectivity index is 1.51. The molecule has 2 amide bonds. The zero-order valence-corrected chi connectivity index (χ0v) is 17.5. The van der Waals surface area contributed by atoms with E-state index in [1.165, 1.54) is 23.5 Å². The number of nitrogens with one attached hydrogen (secondary N) is 1. The Bertz CT molecular complexity index is 837. The lowest BCUT2D eigenvalue weighted by atomic mass is 9.95. The Morgan fingerprint density at radius 1 is 1.32 bits per heavy atom. The van der Waals surface area contributed by atoms with Crippen molar-refractivity contribution in [3.63, 3.8) is 0 Å². The molecule has 150 valence electrons. The number of thioether (sulfide) groups is 1. The average molecular weight is 423 g/mol. The molecule has 2 aromatic rings. The number of carbonyl (C=O) groups is 2. The number of anilines is 1. The van der Waals surface area contributed by atoms with E-state index in [2.05, 4.69) is 29.4 Å². The molecule has 1 aromatic carbocycles. The first-order valence-electron chi connectivity index (χ1n) is 9.32. The van der Waals surface area contributed by atoms with Crippen LogP contribution in [0.5, 0.6) is 0 Å². The second kappa shape index (κ2) is 9.47. The zero-order valence-electron chi connectivity index (χ0n) is 15.9. The number of halogens is 1. The van der Waals surface area contributed by atoms with Crippen molar-refractivity contribution in [3.8, 4) is 0 Å². The van der Waals surface area contributed by atoms with E-state index < -0.39 is 5.82 Å². The van der Waals surface area contributed by atoms with Crippen LogP contribution in [0.4, 0.5) is 9.52 Å². The van der Waals surface area contributed by atoms with Gasteiger partial charge in [0, 0.05) is 24.3 Å². The molecule has 3 rings (SSSR count). The van der Waals surface area contributed by atoms with Crippen molar-refractivity contribution in [2.75, 3.05) is 18.4 Å². The molecular formula is C19H23FN4O2S2. The molecule has 1 aliphatic rings. The summed E-state index contributed by atoms with van der Waals surface area (Å²) in [6.07, 6.45) is 2.12. The van der Waals surface area contributed by atoms with Crippen molar-refractivity contribution in [1.29, 1.82) is 0 Å². The van der Waals surface area contributed by atoms with Crippen LogP contribution in [0.3, 0.4) is 0 Å². The smallest absolute Gasteiger partial charge is 0.256 e. The number of hydrogen-bond acceptors (Lipinski definition) is 6. The van der Waals surface area contributed by atoms with Gasteiger partial charge in [0.2, 0.25) is 11.0 Å². The largest absolute Gasteiger partial charge is 0.339 e. The maximum atomic E-state index is 13.8. The van der Waals surface area contributed by atoms with Crippen LogP contribution in [0.1, 0.15) is 43.5 Å². The minimum absolute atomic E-state index is 0.0746. The first-order chi connectivity index (χ1) is 13.5. The summed E-state index contributed by atoms with van der Waals surface area (Å²) in [7, 11) is 0. The van der Waals surface area contributed by atoms with Crippen LogP contribution in [-0.2, 0) is 4.79 Å². The van der Waals surface area contributed by atoms with Gasteiger partial charge in [0.15, 0.2) is 4.34 Å². The van der Waals surface area contributed by atoms with Crippen LogP contribution < -0.4 is 5.32 Å². The SMILES string of the molecule is CC[C@@H](C)Sc1nnc(NC(=O)C2CCN(C(=O)c3ccccc3F)CC2)s1. The Kier molecular flexibility index (Phi) is 7.01. The Labute approximate surface area is 171 Å². The molecule has 0 saturated carbocycles. The summed E-state index contributed by atoms with van der Waals surface area (Å²) in [6, 6.07) is 5.97. The van der Waals surface area contributed by atoms with E-state index in [0.717, 1.165) is 10.8 Å². The summed E-state index contributed by atoms with van der Waals surface area (Å²) >= 11 is 3.02. The van der Waals surface area contributed by atoms with E-state index >= 15 is 0 Å². The molecule has 1 atom stereocenters. The van der Waals surface area contributed by atoms with Crippen LogP contribution in [0, 0.1) is 11.7 Å². The second-order valence-electron chi connectivity index (χ2n) is 6.75. The minimum atomic E-state index is -0.519. The maximum Gasteiger partial charge on any atom is 0.256 e. The van der Waals surface area contributed by atoms with Gasteiger partial charge in [-0.25, -0.2) is 4.39 Å². The summed E-state index contributed by atoms with van der Waals surface area (Å²) in [5.41, 5.74) is 0.0746. The highest BCUT2D eigenvalue weighted by Crippen LogP contribution is 2.30. The highest BCUT2D eigenvalue weighted by atomic mass is 32.2. The lowest BCUT2D eigenvalue weighted by molar-refractivity contribution is -0.121. The standard InChI is InChI=1S/C19H23FN4O2S2/c1-3-12(2)27-19-23-22-18(28-19)21-16(25)13-8-10-24(11-9-13)17(26)14-6-4-5-7-15(14)20/h4-7,12-13H,3,8-11H2,1-2H3,(H,21,22,25)/t12-/m1/s1. The molecule has 9 heteroatoms. The maximum absolute atomic E-state index is 13.8. The summed E-state index contributed by atoms with van der Waals surface area (Å²) < 4.78 is 14.7. The number of rotatable bonds is 6. The molecule has 1 saturated heterocycles. The molecule has 0 unspecified atom stereocenters. The van der Waals surface area contributed by atoms with Gasteiger partial charge in [-0.15, -0.1) is 10.2 Å². The normalized spacial score (nSPS) is 16.0. The van der Waals surface area contributed by atoms with Gasteiger partial charge in [0.25, 0.3) is 5.91 Å². The van der Waals surface area contributed by atoms with Crippen LogP contribution >= 0.6 is 23.1 Å². The third-order valence-electron chi connectivity index (χ3n) is 4.77. The number of piperidine rings is 1. The molecule has 28 heavy (non-hydrogen) atoms. The van der Waals surface area contributed by atoms with Crippen LogP contribution in [0.15, 0.2) is 28.6 Å². The highest BCUT2D eigenvalue weighted by molar-refractivity contribution is 8.01. The molecule has 1 aliphatic heterocycles. The molecule has 6 nitrogen and oxygen atoms in total. The summed E-state index contributed by atoms with van der Waals surface area (Å²) in [6.45, 7) is 5.10. The fourth-order valence-electron chi connectivity index (χ4n) is 2.92. The van der Waals surface area contributed by atoms with Crippen molar-refractivity contribution in [3.05, 3.63) is 35.6 Å². The molecule has 2 heterocycles. The number of hydrogen-bond donors (Lipinski definition) is 1. The summed E-state index contributed by atoms with van der Waals surface area (Å²) in [5.74, 6) is -1.14. The van der Waals surface area contributed by atoms with E-state index in [1.807, 2.05) is 0 Å². The van der Waals surface area contributed by atoms with Gasteiger partial charge in [-0.05, 0) is 31.4 Å². The van der Waals surface area contributed by atoms with E-state index in [-0.39, 0.29) is 23.3 Å². The lowest BCUT2D eigenvalue weighted by Gasteiger charge is -2.31. The molecule has 1 N–H and O–H groups in total. The van der Waals surface area contributed by atoms with Crippen LogP contribution in [0.25, 0.3) is 0 Å². The van der Waals surface area contributed by atoms with Crippen LogP contribution in [-0.4, -0.2) is 45.3 Å². The van der Waals surface area contributed by atoms with Crippen LogP contribution in [0.2, 0.25) is 0 Å². The summed E-state index contributed by atoms with van der Waals surface area (Å²) in [5, 5.41) is 11.9. The first kappa shape index (κ1) is 20.7. The number of benzene rings is 1. The Morgan fingerprint density at radius 3 is 2.71 bits per heavy atom. The first-order valence-corrected chi connectivity index (χ1v) is 11.0. The number of amides is 2. The van der Waals surface area contributed by atoms with Gasteiger partial charge in [-0.3, -0.25) is 9.59 Å². The Morgan fingerprint density at radius 2 is 2.04 bits per heavy atom. The van der Waals surface area contributed by atoms with Gasteiger partial charge < -0.3 is 10.2 Å². The highest BCUT2D eigenvalue weighted by Gasteiger charge is 2.29. The minimum Gasteiger partial charge on any atom is -0.339 e. The molecular weight excluding hydrogens is 399 g/mol. The van der Waals surface area contributed by atoms with Crippen molar-refractivity contribution in [2.24, 2.45) is 5.92 Å². The van der Waals surface area contributed by atoms with E-state index in [9.17, 15) is 14.0 Å². The molecule has 0 radical (unpaired) electrons. The fraction of sp³-hybridized carbons (Fsp3) is 0.474. The van der Waals surface area contributed by atoms with E-state index in [4.69, 9.17) is 0 Å². The van der Waals surface area contributed by atoms with Crippen molar-refractivity contribution >= 4 is 40.0 Å². The second-order valence-corrected chi connectivity index (χ2v) is 9.41. The molecule has 0 spiro atoms. The fourth-order valence-corrected chi connectivity index (χ4v) is 4.92.